The second-order valence-corrected chi connectivity index (χ2v) is 11.7. The molecule has 0 aromatic heterocycles. The number of aliphatic hydroxyl groups is 1. The zero-order valence-corrected chi connectivity index (χ0v) is 25.3. The van der Waals surface area contributed by atoms with Gasteiger partial charge in [-0.05, 0) is 70.2 Å². The summed E-state index contributed by atoms with van der Waals surface area (Å²) in [6.45, 7) is 10.1. The van der Waals surface area contributed by atoms with Crippen LogP contribution in [0.4, 0.5) is 11.4 Å². The minimum absolute atomic E-state index is 0.282. The first-order chi connectivity index (χ1) is 20.3. The second kappa shape index (κ2) is 12.2. The van der Waals surface area contributed by atoms with Crippen molar-refractivity contribution in [3.63, 3.8) is 0 Å². The van der Waals surface area contributed by atoms with Gasteiger partial charge < -0.3 is 29.3 Å². The van der Waals surface area contributed by atoms with Crippen LogP contribution in [-0.2, 0) is 23.9 Å². The summed E-state index contributed by atoms with van der Waals surface area (Å²) in [5.74, 6) is -2.97. The molecule has 4 heterocycles. The van der Waals surface area contributed by atoms with E-state index in [1.807, 2.05) is 62.4 Å². The van der Waals surface area contributed by atoms with Crippen LogP contribution in [0.1, 0.15) is 59.8 Å². The molecule has 2 fully saturated rings. The number of ether oxygens (including phenoxy) is 2. The van der Waals surface area contributed by atoms with Crippen molar-refractivity contribution < 1.29 is 29.0 Å². The minimum Gasteiger partial charge on any atom is -0.465 e. The molecule has 9 heteroatoms. The lowest BCUT2D eigenvalue weighted by atomic mass is 9.73. The molecule has 9 nitrogen and oxygen atoms in total. The third kappa shape index (κ3) is 4.74. The molecule has 6 atom stereocenters. The number of benzene rings is 1. The summed E-state index contributed by atoms with van der Waals surface area (Å²) in [5, 5.41) is 10.4. The van der Waals surface area contributed by atoms with Crippen molar-refractivity contribution in [3.05, 3.63) is 48.6 Å². The lowest BCUT2D eigenvalue weighted by Gasteiger charge is -2.40. The first-order valence-corrected chi connectivity index (χ1v) is 15.6. The number of anilines is 2. The minimum atomic E-state index is -1.38. The van der Waals surface area contributed by atoms with E-state index in [1.54, 1.807) is 4.90 Å². The van der Waals surface area contributed by atoms with E-state index in [-0.39, 0.29) is 25.0 Å². The Morgan fingerprint density at radius 1 is 0.976 bits per heavy atom. The fourth-order valence-electron chi connectivity index (χ4n) is 7.45. The fraction of sp³-hybridized carbons (Fsp3) is 0.606. The Hall–Kier alpha value is -3.17. The van der Waals surface area contributed by atoms with Crippen molar-refractivity contribution in [1.82, 2.24) is 4.90 Å². The number of hydrogen-bond acceptors (Lipinski definition) is 7. The number of likely N-dealkylation sites (tertiary alicyclic amines) is 1. The lowest BCUT2D eigenvalue weighted by Crippen LogP contribution is -2.59. The van der Waals surface area contributed by atoms with Crippen molar-refractivity contribution in [2.45, 2.75) is 83.1 Å². The van der Waals surface area contributed by atoms with E-state index in [2.05, 4.69) is 18.7 Å². The average Bonchev–Trinajstić information content (AvgIpc) is 3.36. The van der Waals surface area contributed by atoms with Gasteiger partial charge in [-0.25, -0.2) is 0 Å². The summed E-state index contributed by atoms with van der Waals surface area (Å²) in [6.07, 6.45) is 11.0. The van der Waals surface area contributed by atoms with Crippen molar-refractivity contribution >= 4 is 29.2 Å². The van der Waals surface area contributed by atoms with Gasteiger partial charge in [0.1, 0.15) is 23.2 Å². The maximum Gasteiger partial charge on any atom is 0.313 e. The van der Waals surface area contributed by atoms with Crippen molar-refractivity contribution in [2.24, 2.45) is 11.8 Å². The lowest BCUT2D eigenvalue weighted by molar-refractivity contribution is -0.161. The van der Waals surface area contributed by atoms with Gasteiger partial charge in [0, 0.05) is 31.0 Å². The highest BCUT2D eigenvalue weighted by Gasteiger charge is 2.75. The molecule has 1 aromatic carbocycles. The Balaban J connectivity index is 1.63. The van der Waals surface area contributed by atoms with E-state index in [0.717, 1.165) is 38.0 Å². The van der Waals surface area contributed by atoms with Crippen LogP contribution >= 0.6 is 0 Å². The molecule has 1 spiro atoms. The average molecular weight is 580 g/mol. The van der Waals surface area contributed by atoms with E-state index < -0.39 is 41.1 Å². The monoisotopic (exact) mass is 579 g/mol. The van der Waals surface area contributed by atoms with Crippen LogP contribution in [0.5, 0.6) is 0 Å². The molecule has 1 aromatic rings. The van der Waals surface area contributed by atoms with Gasteiger partial charge in [-0.15, -0.1) is 0 Å². The summed E-state index contributed by atoms with van der Waals surface area (Å²) < 4.78 is 12.7. The van der Waals surface area contributed by atoms with Gasteiger partial charge in [-0.3, -0.25) is 14.4 Å². The van der Waals surface area contributed by atoms with E-state index in [1.165, 1.54) is 4.90 Å². The highest BCUT2D eigenvalue weighted by atomic mass is 16.6. The number of amides is 2. The van der Waals surface area contributed by atoms with Crippen LogP contribution in [0.2, 0.25) is 0 Å². The molecule has 0 bridgehead atoms. The SMILES string of the molecule is CC[C@@H](CO)N1C(=O)[C@@H]2[C@@H]3C(=O)OCCCC/C=C\[C@]3(CC)O[C@@]23C=CCN(c2ccc(N(CC)CC)cc2)C(=O)C13. The number of carbonyl (C=O) groups is 3. The highest BCUT2D eigenvalue weighted by molar-refractivity contribution is 6.05. The van der Waals surface area contributed by atoms with Crippen molar-refractivity contribution in [3.8, 4) is 0 Å². The van der Waals surface area contributed by atoms with Gasteiger partial charge >= 0.3 is 5.97 Å². The molecular weight excluding hydrogens is 534 g/mol. The third-order valence-corrected chi connectivity index (χ3v) is 9.69. The van der Waals surface area contributed by atoms with Crippen LogP contribution in [0.3, 0.4) is 0 Å². The first kappa shape index (κ1) is 30.3. The predicted octanol–water partition coefficient (Wildman–Crippen LogP) is 3.85. The zero-order valence-electron chi connectivity index (χ0n) is 25.3. The van der Waals surface area contributed by atoms with Crippen LogP contribution in [0.25, 0.3) is 0 Å². The molecule has 2 saturated heterocycles. The van der Waals surface area contributed by atoms with Gasteiger partial charge in [0.05, 0.1) is 25.2 Å². The van der Waals surface area contributed by atoms with Crippen LogP contribution in [0, 0.1) is 11.8 Å². The van der Waals surface area contributed by atoms with E-state index in [0.29, 0.717) is 25.1 Å². The first-order valence-electron chi connectivity index (χ1n) is 15.6. The van der Waals surface area contributed by atoms with Gasteiger partial charge in [0.15, 0.2) is 0 Å². The molecular formula is C33H45N3O6. The topological polar surface area (TPSA) is 99.6 Å². The summed E-state index contributed by atoms with van der Waals surface area (Å²) in [4.78, 5) is 48.4. The molecule has 0 saturated carbocycles. The molecule has 1 unspecified atom stereocenters. The van der Waals surface area contributed by atoms with Crippen LogP contribution in [0.15, 0.2) is 48.6 Å². The Kier molecular flexibility index (Phi) is 8.81. The van der Waals surface area contributed by atoms with Gasteiger partial charge in [-0.1, -0.05) is 38.2 Å². The molecule has 5 rings (SSSR count). The molecule has 4 aliphatic heterocycles. The Labute approximate surface area is 249 Å². The molecule has 0 aliphatic carbocycles. The summed E-state index contributed by atoms with van der Waals surface area (Å²) in [5.41, 5.74) is -0.692. The number of aliphatic hydroxyl groups excluding tert-OH is 1. The normalized spacial score (nSPS) is 32.5. The second-order valence-electron chi connectivity index (χ2n) is 11.7. The highest BCUT2D eigenvalue weighted by Crippen LogP contribution is 2.58. The maximum absolute atomic E-state index is 14.7. The fourth-order valence-corrected chi connectivity index (χ4v) is 7.45. The number of rotatable bonds is 8. The summed E-state index contributed by atoms with van der Waals surface area (Å²) >= 11 is 0. The molecule has 42 heavy (non-hydrogen) atoms. The summed E-state index contributed by atoms with van der Waals surface area (Å²) in [6, 6.07) is 6.24. The quantitative estimate of drug-likeness (QED) is 0.369. The molecule has 4 aliphatic rings. The number of cyclic esters (lactones) is 1. The third-order valence-electron chi connectivity index (χ3n) is 9.69. The molecule has 0 radical (unpaired) electrons. The van der Waals surface area contributed by atoms with Gasteiger partial charge in [-0.2, -0.15) is 0 Å². The predicted molar refractivity (Wildman–Crippen MR) is 161 cm³/mol. The number of fused-ring (bicyclic) bond motifs is 2. The van der Waals surface area contributed by atoms with E-state index >= 15 is 0 Å². The van der Waals surface area contributed by atoms with Crippen molar-refractivity contribution in [2.75, 3.05) is 42.6 Å². The largest absolute Gasteiger partial charge is 0.465 e. The Morgan fingerprint density at radius 2 is 1.71 bits per heavy atom. The smallest absolute Gasteiger partial charge is 0.313 e. The standard InChI is InChI=1S/C33H45N3O6/c1-5-23(22-37)36-28-30(39)35(25-16-14-24(15-17-25)34(7-3)8-4)20-13-19-33(28)26(29(36)38)27-31(40)41-21-12-10-9-11-18-32(27,6-2)42-33/h11,13-19,23,26-28,37H,5-10,12,20-22H2,1-4H3/b18-11-/t23-,26-,27+,28?,32-,33-/m0/s1. The number of esters is 1. The van der Waals surface area contributed by atoms with Crippen molar-refractivity contribution in [1.29, 1.82) is 0 Å². The van der Waals surface area contributed by atoms with Crippen LogP contribution in [-0.4, -0.2) is 83.9 Å². The number of carbonyl (C=O) groups excluding carboxylic acids is 3. The Bertz CT molecular complexity index is 1220. The summed E-state index contributed by atoms with van der Waals surface area (Å²) in [7, 11) is 0. The number of nitrogens with zero attached hydrogens (tertiary/aromatic N) is 3. The van der Waals surface area contributed by atoms with Gasteiger partial charge in [0.25, 0.3) is 5.91 Å². The maximum atomic E-state index is 14.7. The number of allylic oxidation sites excluding steroid dienone is 1. The molecule has 1 N–H and O–H groups in total. The molecule has 228 valence electrons. The van der Waals surface area contributed by atoms with Gasteiger partial charge in [0.2, 0.25) is 5.91 Å². The van der Waals surface area contributed by atoms with E-state index in [9.17, 15) is 19.5 Å². The number of hydrogen-bond donors (Lipinski definition) is 1. The van der Waals surface area contributed by atoms with E-state index in [4.69, 9.17) is 9.47 Å². The molecule has 2 amide bonds. The van der Waals surface area contributed by atoms with Crippen LogP contribution < -0.4 is 9.80 Å². The Morgan fingerprint density at radius 3 is 2.36 bits per heavy atom. The zero-order chi connectivity index (χ0) is 30.1.